The zero-order chi connectivity index (χ0) is 23.7. The molecule has 7 nitrogen and oxygen atoms in total. The van der Waals surface area contributed by atoms with Crippen LogP contribution in [0, 0.1) is 6.92 Å². The maximum absolute atomic E-state index is 13.7. The minimum atomic E-state index is -1.18. The first-order valence-electron chi connectivity index (χ1n) is 10.5. The van der Waals surface area contributed by atoms with Crippen LogP contribution in [-0.2, 0) is 11.2 Å². The molecule has 5 aromatic rings. The van der Waals surface area contributed by atoms with Gasteiger partial charge in [-0.05, 0) is 42.3 Å². The number of rotatable bonds is 6. The number of fused-ring (bicyclic) bond motifs is 2. The molecule has 0 amide bonds. The van der Waals surface area contributed by atoms with E-state index in [2.05, 4.69) is 18.7 Å². The van der Waals surface area contributed by atoms with Crippen molar-refractivity contribution in [3.05, 3.63) is 101 Å². The topological polar surface area (TPSA) is 106 Å². The maximum Gasteiger partial charge on any atom is 0.336 e. The smallest absolute Gasteiger partial charge is 0.336 e. The Hall–Kier alpha value is -4.30. The number of carboxylic acid groups (broad SMARTS) is 1. The van der Waals surface area contributed by atoms with E-state index >= 15 is 0 Å². The van der Waals surface area contributed by atoms with Gasteiger partial charge in [-0.25, -0.2) is 4.79 Å². The summed E-state index contributed by atoms with van der Waals surface area (Å²) in [6, 6.07) is 17.7. The van der Waals surface area contributed by atoms with E-state index in [4.69, 9.17) is 0 Å². The Labute approximate surface area is 198 Å². The molecule has 3 aromatic carbocycles. The highest BCUT2D eigenvalue weighted by Crippen LogP contribution is 2.28. The second-order valence-corrected chi connectivity index (χ2v) is 8.41. The maximum atomic E-state index is 13.7. The van der Waals surface area contributed by atoms with E-state index in [0.717, 1.165) is 28.4 Å². The lowest BCUT2D eigenvalue weighted by Gasteiger charge is -2.13. The molecule has 0 saturated carbocycles. The molecular formula is C26H18N4O3S. The highest BCUT2D eigenvalue weighted by Gasteiger charge is 2.24. The summed E-state index contributed by atoms with van der Waals surface area (Å²) in [6.07, 6.45) is 3.33. The van der Waals surface area contributed by atoms with E-state index in [1.165, 1.54) is 0 Å². The van der Waals surface area contributed by atoms with Crippen LogP contribution in [0.3, 0.4) is 0 Å². The van der Waals surface area contributed by atoms with Crippen LogP contribution in [0.15, 0.2) is 78.6 Å². The molecule has 1 N–H and O–H groups in total. The highest BCUT2D eigenvalue weighted by atomic mass is 32.1. The number of hydrogen-bond acceptors (Lipinski definition) is 7. The number of aromatic nitrogens is 4. The highest BCUT2D eigenvalue weighted by molar-refractivity contribution is 7.00. The van der Waals surface area contributed by atoms with Crippen molar-refractivity contribution in [2.75, 3.05) is 0 Å². The third-order valence-corrected chi connectivity index (χ3v) is 6.12. The second kappa shape index (κ2) is 8.92. The Morgan fingerprint density at radius 2 is 1.47 bits per heavy atom. The first-order chi connectivity index (χ1) is 16.5. The number of hydrogen-bond donors (Lipinski definition) is 1. The van der Waals surface area contributed by atoms with Crippen LogP contribution in [0.2, 0.25) is 0 Å². The van der Waals surface area contributed by atoms with Crippen molar-refractivity contribution in [2.45, 2.75) is 13.3 Å². The van der Waals surface area contributed by atoms with E-state index in [1.54, 1.807) is 42.7 Å². The first-order valence-corrected chi connectivity index (χ1v) is 11.2. The van der Waals surface area contributed by atoms with Crippen LogP contribution in [0.1, 0.15) is 27.0 Å². The normalized spacial score (nSPS) is 12.0. The minimum Gasteiger partial charge on any atom is -0.478 e. The van der Waals surface area contributed by atoms with Gasteiger partial charge in [-0.3, -0.25) is 14.8 Å². The lowest BCUT2D eigenvalue weighted by molar-refractivity contribution is -0.130. The van der Waals surface area contributed by atoms with Crippen molar-refractivity contribution >= 4 is 51.1 Å². The fraction of sp³-hybridized carbons (Fsp3) is 0.0769. The molecule has 2 aromatic heterocycles. The van der Waals surface area contributed by atoms with Gasteiger partial charge in [0.1, 0.15) is 11.0 Å². The zero-order valence-corrected chi connectivity index (χ0v) is 18.9. The average molecular weight is 467 g/mol. The van der Waals surface area contributed by atoms with Gasteiger partial charge < -0.3 is 5.11 Å². The number of carbonyl (C=O) groups excluding carboxylic acids is 1. The molecule has 0 radical (unpaired) electrons. The minimum absolute atomic E-state index is 0.0558. The Bertz CT molecular complexity index is 1590. The summed E-state index contributed by atoms with van der Waals surface area (Å²) in [5.41, 5.74) is 5.40. The molecule has 0 unspecified atom stereocenters. The molecule has 34 heavy (non-hydrogen) atoms. The van der Waals surface area contributed by atoms with Gasteiger partial charge >= 0.3 is 5.97 Å². The summed E-state index contributed by atoms with van der Waals surface area (Å²) in [5.74, 6) is -1.52. The van der Waals surface area contributed by atoms with E-state index in [-0.39, 0.29) is 23.4 Å². The lowest BCUT2D eigenvalue weighted by atomic mass is 9.89. The largest absolute Gasteiger partial charge is 0.478 e. The third-order valence-electron chi connectivity index (χ3n) is 5.56. The van der Waals surface area contributed by atoms with Crippen LogP contribution in [-0.4, -0.2) is 35.6 Å². The predicted octanol–water partition coefficient (Wildman–Crippen LogP) is 4.91. The van der Waals surface area contributed by atoms with Crippen LogP contribution in [0.5, 0.6) is 0 Å². The van der Waals surface area contributed by atoms with Crippen LogP contribution in [0.4, 0.5) is 0 Å². The molecule has 0 aliphatic carbocycles. The van der Waals surface area contributed by atoms with Crippen molar-refractivity contribution in [1.82, 2.24) is 18.7 Å². The van der Waals surface area contributed by atoms with Gasteiger partial charge in [0.2, 0.25) is 0 Å². The number of aliphatic carboxylic acids is 1. The van der Waals surface area contributed by atoms with Gasteiger partial charge in [0.15, 0.2) is 5.78 Å². The monoisotopic (exact) mass is 466 g/mol. The molecular weight excluding hydrogens is 448 g/mol. The van der Waals surface area contributed by atoms with Gasteiger partial charge in [0.25, 0.3) is 0 Å². The van der Waals surface area contributed by atoms with E-state index in [9.17, 15) is 14.7 Å². The quantitative estimate of drug-likeness (QED) is 0.280. The van der Waals surface area contributed by atoms with Crippen LogP contribution >= 0.6 is 11.7 Å². The Morgan fingerprint density at radius 3 is 2.24 bits per heavy atom. The fourth-order valence-electron chi connectivity index (χ4n) is 3.85. The molecule has 0 atom stereocenters. The van der Waals surface area contributed by atoms with Crippen LogP contribution in [0.25, 0.3) is 27.6 Å². The summed E-state index contributed by atoms with van der Waals surface area (Å²) in [6.45, 7) is 1.93. The van der Waals surface area contributed by atoms with Crippen molar-refractivity contribution < 1.29 is 14.7 Å². The summed E-state index contributed by atoms with van der Waals surface area (Å²) < 4.78 is 8.41. The molecule has 0 spiro atoms. The number of ketones is 1. The number of carboxylic acids is 1. The molecule has 0 aliphatic heterocycles. The van der Waals surface area contributed by atoms with Crippen molar-refractivity contribution in [1.29, 1.82) is 0 Å². The van der Waals surface area contributed by atoms with Crippen LogP contribution < -0.4 is 0 Å². The van der Waals surface area contributed by atoms with Crippen molar-refractivity contribution in [3.8, 4) is 0 Å². The average Bonchev–Trinajstić information content (AvgIpc) is 3.31. The summed E-state index contributed by atoms with van der Waals surface area (Å²) in [5, 5.41) is 10.2. The molecule has 0 aliphatic rings. The summed E-state index contributed by atoms with van der Waals surface area (Å²) >= 11 is 1.06. The number of nitrogens with zero attached hydrogens (tertiary/aromatic N) is 4. The number of Topliss-reactive ketones (excluding diaryl/α,β-unsaturated/α-hetero) is 1. The number of carbonyl (C=O) groups is 2. The molecule has 5 rings (SSSR count). The second-order valence-electron chi connectivity index (χ2n) is 7.88. The number of aryl methyl sites for hydroxylation is 1. The molecule has 166 valence electrons. The van der Waals surface area contributed by atoms with Gasteiger partial charge in [-0.2, -0.15) is 8.75 Å². The molecule has 2 heterocycles. The summed E-state index contributed by atoms with van der Waals surface area (Å²) in [7, 11) is 0. The first kappa shape index (κ1) is 21.5. The van der Waals surface area contributed by atoms with Crippen molar-refractivity contribution in [3.63, 3.8) is 0 Å². The fourth-order valence-corrected chi connectivity index (χ4v) is 4.37. The van der Waals surface area contributed by atoms with Gasteiger partial charge in [-0.15, -0.1) is 0 Å². The zero-order valence-electron chi connectivity index (χ0n) is 18.1. The molecule has 8 heteroatoms. The lowest BCUT2D eigenvalue weighted by Crippen LogP contribution is -2.14. The SMILES string of the molecule is Cc1ccc(C(=O)C(Cc2ccc3nccnc3c2)=C(C(=O)O)c2ccc3nsnc3c2)cc1. The Kier molecular flexibility index (Phi) is 5.65. The third kappa shape index (κ3) is 4.18. The summed E-state index contributed by atoms with van der Waals surface area (Å²) in [4.78, 5) is 34.8. The Balaban J connectivity index is 1.69. The van der Waals surface area contributed by atoms with Gasteiger partial charge in [0, 0.05) is 30.0 Å². The number of benzene rings is 3. The number of allylic oxidation sites excluding steroid dienone is 1. The van der Waals surface area contributed by atoms with Crippen molar-refractivity contribution in [2.24, 2.45) is 0 Å². The Morgan fingerprint density at radius 1 is 0.794 bits per heavy atom. The van der Waals surface area contributed by atoms with Gasteiger partial charge in [-0.1, -0.05) is 42.0 Å². The van der Waals surface area contributed by atoms with E-state index < -0.39 is 5.97 Å². The van der Waals surface area contributed by atoms with Gasteiger partial charge in [0.05, 0.1) is 28.3 Å². The van der Waals surface area contributed by atoms with E-state index in [0.29, 0.717) is 27.7 Å². The molecule has 0 bridgehead atoms. The standard InChI is InChI=1S/C26H18N4O3S/c1-15-2-5-17(6-3-15)25(31)19(12-16-4-8-20-22(13-16)28-11-10-27-20)24(26(32)33)18-7-9-21-23(14-18)30-34-29-21/h2-11,13-14H,12H2,1H3,(H,32,33). The molecule has 0 saturated heterocycles. The molecule has 0 fully saturated rings. The van der Waals surface area contributed by atoms with E-state index in [1.807, 2.05) is 37.3 Å². The predicted molar refractivity (Wildman–Crippen MR) is 131 cm³/mol.